The predicted octanol–water partition coefficient (Wildman–Crippen LogP) is 1.24. The summed E-state index contributed by atoms with van der Waals surface area (Å²) >= 11 is 0. The number of hydrogen-bond acceptors (Lipinski definition) is 4. The quantitative estimate of drug-likeness (QED) is 0.852. The van der Waals surface area contributed by atoms with Gasteiger partial charge in [-0.15, -0.1) is 0 Å². The Bertz CT molecular complexity index is 428. The molecule has 0 atom stereocenters. The maximum absolute atomic E-state index is 12.3. The molecular weight excluding hydrogens is 280 g/mol. The van der Waals surface area contributed by atoms with Gasteiger partial charge in [-0.2, -0.15) is 17.4 Å². The van der Waals surface area contributed by atoms with Gasteiger partial charge in [-0.05, 0) is 33.6 Å². The van der Waals surface area contributed by atoms with Gasteiger partial charge >= 0.3 is 0 Å². The van der Waals surface area contributed by atoms with Crippen molar-refractivity contribution >= 4 is 10.2 Å². The fraction of sp³-hybridized carbons (Fsp3) is 1.00. The Balaban J connectivity index is 1.96. The zero-order valence-electron chi connectivity index (χ0n) is 12.8. The molecule has 0 aromatic heterocycles. The van der Waals surface area contributed by atoms with E-state index in [1.807, 2.05) is 20.8 Å². The third-order valence-corrected chi connectivity index (χ3v) is 5.79. The van der Waals surface area contributed by atoms with Gasteiger partial charge in [0.25, 0.3) is 10.2 Å². The molecule has 2 rings (SSSR count). The van der Waals surface area contributed by atoms with Gasteiger partial charge in [-0.1, -0.05) is 0 Å². The lowest BCUT2D eigenvalue weighted by molar-refractivity contribution is -0.181. The van der Waals surface area contributed by atoms with Crippen molar-refractivity contribution in [3.8, 4) is 0 Å². The summed E-state index contributed by atoms with van der Waals surface area (Å²) in [7, 11) is -1.81. The first kappa shape index (κ1) is 16.2. The number of rotatable bonds is 3. The van der Waals surface area contributed by atoms with Crippen LogP contribution >= 0.6 is 0 Å². The minimum absolute atomic E-state index is 0.00766. The zero-order chi connectivity index (χ0) is 15.0. The summed E-state index contributed by atoms with van der Waals surface area (Å²) in [5.74, 6) is -0.446. The number of nitrogens with one attached hydrogen (secondary N) is 1. The van der Waals surface area contributed by atoms with Gasteiger partial charge in [0.15, 0.2) is 5.79 Å². The maximum Gasteiger partial charge on any atom is 0.279 e. The molecule has 1 N–H and O–H groups in total. The van der Waals surface area contributed by atoms with Crippen LogP contribution in [0.2, 0.25) is 0 Å². The molecule has 1 spiro atoms. The van der Waals surface area contributed by atoms with Crippen molar-refractivity contribution in [1.82, 2.24) is 9.03 Å². The third kappa shape index (κ3) is 3.71. The van der Waals surface area contributed by atoms with E-state index in [0.29, 0.717) is 13.2 Å². The molecule has 2 aliphatic rings. The smallest absolute Gasteiger partial charge is 0.279 e. The molecule has 0 unspecified atom stereocenters. The summed E-state index contributed by atoms with van der Waals surface area (Å²) < 4.78 is 40.1. The fourth-order valence-corrected chi connectivity index (χ4v) is 4.37. The maximum atomic E-state index is 12.3. The molecule has 0 radical (unpaired) electrons. The van der Waals surface area contributed by atoms with E-state index in [2.05, 4.69) is 4.72 Å². The van der Waals surface area contributed by atoms with Crippen molar-refractivity contribution in [3.63, 3.8) is 0 Å². The largest absolute Gasteiger partial charge is 0.348 e. The average molecular weight is 306 g/mol. The summed E-state index contributed by atoms with van der Waals surface area (Å²) in [6.07, 6.45) is 3.04. The summed E-state index contributed by atoms with van der Waals surface area (Å²) in [6.45, 7) is 6.81. The van der Waals surface area contributed by atoms with Gasteiger partial charge in [0.1, 0.15) is 0 Å². The first-order valence-electron chi connectivity index (χ1n) is 7.18. The Hall–Kier alpha value is -0.210. The third-order valence-electron chi connectivity index (χ3n) is 3.86. The molecule has 0 aromatic rings. The van der Waals surface area contributed by atoms with E-state index in [-0.39, 0.29) is 6.04 Å². The van der Waals surface area contributed by atoms with Crippen LogP contribution in [-0.4, -0.2) is 50.4 Å². The van der Waals surface area contributed by atoms with E-state index in [4.69, 9.17) is 9.47 Å². The minimum Gasteiger partial charge on any atom is -0.348 e. The molecule has 118 valence electrons. The van der Waals surface area contributed by atoms with E-state index in [0.717, 1.165) is 25.7 Å². The number of hydrogen-bond donors (Lipinski definition) is 1. The normalized spacial score (nSPS) is 24.6. The van der Waals surface area contributed by atoms with Gasteiger partial charge in [0, 0.05) is 31.5 Å². The molecule has 1 aliphatic carbocycles. The van der Waals surface area contributed by atoms with Crippen LogP contribution in [-0.2, 0) is 19.7 Å². The molecule has 2 fully saturated rings. The van der Waals surface area contributed by atoms with Crippen LogP contribution in [0.25, 0.3) is 0 Å². The van der Waals surface area contributed by atoms with Crippen molar-refractivity contribution in [2.45, 2.75) is 63.8 Å². The van der Waals surface area contributed by atoms with Crippen molar-refractivity contribution in [2.24, 2.45) is 0 Å². The second-order valence-electron chi connectivity index (χ2n) is 6.71. The lowest BCUT2D eigenvalue weighted by Crippen LogP contribution is -2.52. The van der Waals surface area contributed by atoms with E-state index in [1.165, 1.54) is 4.31 Å². The van der Waals surface area contributed by atoms with E-state index < -0.39 is 21.5 Å². The van der Waals surface area contributed by atoms with E-state index in [1.54, 1.807) is 7.05 Å². The van der Waals surface area contributed by atoms with Crippen LogP contribution < -0.4 is 4.72 Å². The molecule has 1 aliphatic heterocycles. The van der Waals surface area contributed by atoms with Gasteiger partial charge in [-0.3, -0.25) is 0 Å². The Morgan fingerprint density at radius 3 is 2.10 bits per heavy atom. The molecule has 1 saturated carbocycles. The summed E-state index contributed by atoms with van der Waals surface area (Å²) in [5, 5.41) is 0. The van der Waals surface area contributed by atoms with Gasteiger partial charge in [0.05, 0.1) is 13.2 Å². The van der Waals surface area contributed by atoms with Crippen LogP contribution in [0.5, 0.6) is 0 Å². The first-order valence-corrected chi connectivity index (χ1v) is 8.62. The van der Waals surface area contributed by atoms with Crippen LogP contribution in [0.1, 0.15) is 46.5 Å². The standard InChI is InChI=1S/C13H26N2O4S/c1-12(2,3)14-20(16,17)15(4)11-5-7-13(8-6-11)18-9-10-19-13/h11,14H,5-10H2,1-4H3. The number of nitrogens with zero attached hydrogens (tertiary/aromatic N) is 1. The number of ether oxygens (including phenoxy) is 2. The van der Waals surface area contributed by atoms with Gasteiger partial charge in [0.2, 0.25) is 0 Å². The second-order valence-corrected chi connectivity index (χ2v) is 8.44. The molecule has 1 saturated heterocycles. The van der Waals surface area contributed by atoms with Crippen LogP contribution in [0.15, 0.2) is 0 Å². The average Bonchev–Trinajstić information content (AvgIpc) is 2.75. The molecule has 0 bridgehead atoms. The lowest BCUT2D eigenvalue weighted by Gasteiger charge is -2.39. The minimum atomic E-state index is -3.45. The predicted molar refractivity (Wildman–Crippen MR) is 76.5 cm³/mol. The zero-order valence-corrected chi connectivity index (χ0v) is 13.6. The van der Waals surface area contributed by atoms with E-state index in [9.17, 15) is 8.42 Å². The summed E-state index contributed by atoms with van der Waals surface area (Å²) in [6, 6.07) is 0.00766. The second kappa shape index (κ2) is 5.53. The topological polar surface area (TPSA) is 67.9 Å². The highest BCUT2D eigenvalue weighted by atomic mass is 32.2. The van der Waals surface area contributed by atoms with Crippen molar-refractivity contribution < 1.29 is 17.9 Å². The molecule has 20 heavy (non-hydrogen) atoms. The Morgan fingerprint density at radius 2 is 1.65 bits per heavy atom. The van der Waals surface area contributed by atoms with Crippen LogP contribution in [0, 0.1) is 0 Å². The van der Waals surface area contributed by atoms with Crippen LogP contribution in [0.3, 0.4) is 0 Å². The highest BCUT2D eigenvalue weighted by molar-refractivity contribution is 7.87. The summed E-state index contributed by atoms with van der Waals surface area (Å²) in [5.41, 5.74) is -0.472. The van der Waals surface area contributed by atoms with Crippen LogP contribution in [0.4, 0.5) is 0 Å². The molecule has 1 heterocycles. The first-order chi connectivity index (χ1) is 9.14. The van der Waals surface area contributed by atoms with E-state index >= 15 is 0 Å². The van der Waals surface area contributed by atoms with Crippen molar-refractivity contribution in [1.29, 1.82) is 0 Å². The molecule has 7 heteroatoms. The summed E-state index contributed by atoms with van der Waals surface area (Å²) in [4.78, 5) is 0. The Kier molecular flexibility index (Phi) is 4.47. The SMILES string of the molecule is CN(C1CCC2(CC1)OCCO2)S(=O)(=O)NC(C)(C)C. The molecule has 0 aromatic carbocycles. The lowest BCUT2D eigenvalue weighted by atomic mass is 9.90. The van der Waals surface area contributed by atoms with Crippen molar-refractivity contribution in [2.75, 3.05) is 20.3 Å². The van der Waals surface area contributed by atoms with Gasteiger partial charge in [-0.25, -0.2) is 0 Å². The highest BCUT2D eigenvalue weighted by Gasteiger charge is 2.42. The fourth-order valence-electron chi connectivity index (χ4n) is 2.85. The Morgan fingerprint density at radius 1 is 1.15 bits per heavy atom. The monoisotopic (exact) mass is 306 g/mol. The van der Waals surface area contributed by atoms with Crippen molar-refractivity contribution in [3.05, 3.63) is 0 Å². The molecular formula is C13H26N2O4S. The molecule has 0 amide bonds. The Labute approximate surface area is 122 Å². The van der Waals surface area contributed by atoms with Gasteiger partial charge < -0.3 is 9.47 Å². The molecule has 6 nitrogen and oxygen atoms in total. The highest BCUT2D eigenvalue weighted by Crippen LogP contribution is 2.37.